The van der Waals surface area contributed by atoms with Gasteiger partial charge in [-0.25, -0.2) is 4.79 Å². The molecule has 2 fully saturated rings. The molecule has 2 heterocycles. The van der Waals surface area contributed by atoms with Gasteiger partial charge in [-0.1, -0.05) is 0 Å². The molecule has 0 spiro atoms. The fourth-order valence-electron chi connectivity index (χ4n) is 2.72. The molecule has 0 aliphatic carbocycles. The van der Waals surface area contributed by atoms with Crippen LogP contribution >= 0.6 is 0 Å². The Kier molecular flexibility index (Phi) is 5.74. The molecular weight excluding hydrogens is 315 g/mol. The highest BCUT2D eigenvalue weighted by Gasteiger charge is 2.49. The molecular formula is C14H24F3N3O3. The molecule has 2 rings (SSSR count). The van der Waals surface area contributed by atoms with Crippen LogP contribution in [-0.4, -0.2) is 74.2 Å². The monoisotopic (exact) mass is 339 g/mol. The molecule has 134 valence electrons. The fourth-order valence-corrected chi connectivity index (χ4v) is 2.72. The van der Waals surface area contributed by atoms with Gasteiger partial charge in [0.25, 0.3) is 0 Å². The summed E-state index contributed by atoms with van der Waals surface area (Å²) >= 11 is 0. The quantitative estimate of drug-likeness (QED) is 0.791. The van der Waals surface area contributed by atoms with Crippen molar-refractivity contribution in [3.63, 3.8) is 0 Å². The molecule has 0 bridgehead atoms. The highest BCUT2D eigenvalue weighted by Crippen LogP contribution is 2.31. The van der Waals surface area contributed by atoms with Crippen molar-refractivity contribution in [3.8, 4) is 0 Å². The zero-order valence-corrected chi connectivity index (χ0v) is 13.4. The van der Waals surface area contributed by atoms with Crippen molar-refractivity contribution in [2.75, 3.05) is 39.3 Å². The number of rotatable bonds is 2. The molecule has 2 atom stereocenters. The van der Waals surface area contributed by atoms with Gasteiger partial charge < -0.3 is 25.0 Å². The number of hydrogen-bond donors (Lipinski definition) is 2. The Morgan fingerprint density at radius 1 is 1.43 bits per heavy atom. The molecule has 2 aliphatic heterocycles. The molecule has 0 aromatic rings. The summed E-state index contributed by atoms with van der Waals surface area (Å²) in [6, 6.07) is -0.525. The number of carbonyl (C=O) groups excluding carboxylic acids is 1. The molecule has 2 aliphatic rings. The van der Waals surface area contributed by atoms with Gasteiger partial charge in [0.1, 0.15) is 0 Å². The van der Waals surface area contributed by atoms with E-state index < -0.39 is 30.5 Å². The summed E-state index contributed by atoms with van der Waals surface area (Å²) in [5.41, 5.74) is -1.05. The number of ether oxygens (including phenoxy) is 2. The van der Waals surface area contributed by atoms with E-state index in [2.05, 4.69) is 10.6 Å². The first-order valence-electron chi connectivity index (χ1n) is 7.77. The minimum Gasteiger partial charge on any atom is -0.375 e. The third-order valence-corrected chi connectivity index (χ3v) is 3.78. The SMILES string of the molecule is CC1(C)CN(C(=O)NCC2CNCCCO2)CC(C(F)(F)F)O1. The molecule has 23 heavy (non-hydrogen) atoms. The zero-order valence-electron chi connectivity index (χ0n) is 13.4. The Hall–Kier alpha value is -1.06. The van der Waals surface area contributed by atoms with Crippen LogP contribution in [0, 0.1) is 0 Å². The van der Waals surface area contributed by atoms with Crippen LogP contribution in [0.5, 0.6) is 0 Å². The van der Waals surface area contributed by atoms with Crippen LogP contribution in [0.25, 0.3) is 0 Å². The zero-order chi connectivity index (χ0) is 17.1. The number of nitrogens with one attached hydrogen (secondary N) is 2. The van der Waals surface area contributed by atoms with E-state index in [1.807, 2.05) is 0 Å². The molecule has 2 N–H and O–H groups in total. The fraction of sp³-hybridized carbons (Fsp3) is 0.929. The molecule has 0 saturated carbocycles. The lowest BCUT2D eigenvalue weighted by Crippen LogP contribution is -2.60. The topological polar surface area (TPSA) is 62.8 Å². The second-order valence-corrected chi connectivity index (χ2v) is 6.52. The number of amides is 2. The van der Waals surface area contributed by atoms with Gasteiger partial charge in [-0.05, 0) is 26.8 Å². The van der Waals surface area contributed by atoms with Crippen molar-refractivity contribution in [1.82, 2.24) is 15.5 Å². The van der Waals surface area contributed by atoms with Crippen molar-refractivity contribution >= 4 is 6.03 Å². The summed E-state index contributed by atoms with van der Waals surface area (Å²) in [5.74, 6) is 0. The maximum atomic E-state index is 12.9. The van der Waals surface area contributed by atoms with Gasteiger partial charge in [-0.15, -0.1) is 0 Å². The van der Waals surface area contributed by atoms with Gasteiger partial charge in [0, 0.05) is 19.7 Å². The Balaban J connectivity index is 1.89. The second-order valence-electron chi connectivity index (χ2n) is 6.52. The number of alkyl halides is 3. The summed E-state index contributed by atoms with van der Waals surface area (Å²) in [6.45, 7) is 5.04. The number of morpholine rings is 1. The van der Waals surface area contributed by atoms with Gasteiger partial charge in [-0.2, -0.15) is 13.2 Å². The predicted octanol–water partition coefficient (Wildman–Crippen LogP) is 1.12. The molecule has 0 aromatic carbocycles. The lowest BCUT2D eigenvalue weighted by Gasteiger charge is -2.43. The first-order chi connectivity index (χ1) is 10.7. The van der Waals surface area contributed by atoms with Crippen molar-refractivity contribution in [2.45, 2.75) is 44.3 Å². The van der Waals surface area contributed by atoms with Crippen LogP contribution in [-0.2, 0) is 9.47 Å². The van der Waals surface area contributed by atoms with E-state index in [1.165, 1.54) is 0 Å². The summed E-state index contributed by atoms with van der Waals surface area (Å²) in [7, 11) is 0. The third kappa shape index (κ3) is 5.50. The molecule has 2 amide bonds. The maximum absolute atomic E-state index is 12.9. The van der Waals surface area contributed by atoms with Crippen LogP contribution in [0.4, 0.5) is 18.0 Å². The van der Waals surface area contributed by atoms with Crippen molar-refractivity contribution < 1.29 is 27.4 Å². The molecule has 2 unspecified atom stereocenters. The van der Waals surface area contributed by atoms with E-state index in [4.69, 9.17) is 9.47 Å². The molecule has 2 saturated heterocycles. The van der Waals surface area contributed by atoms with E-state index >= 15 is 0 Å². The molecule has 0 aromatic heterocycles. The maximum Gasteiger partial charge on any atom is 0.416 e. The summed E-state index contributed by atoms with van der Waals surface area (Å²) < 4.78 is 49.4. The number of halogens is 3. The Labute approximate surface area is 133 Å². The number of hydrogen-bond acceptors (Lipinski definition) is 4. The first-order valence-corrected chi connectivity index (χ1v) is 7.77. The number of nitrogens with zero attached hydrogens (tertiary/aromatic N) is 1. The van der Waals surface area contributed by atoms with E-state index in [0.29, 0.717) is 13.2 Å². The van der Waals surface area contributed by atoms with Crippen LogP contribution in [0.3, 0.4) is 0 Å². The summed E-state index contributed by atoms with van der Waals surface area (Å²) in [5, 5.41) is 5.84. The van der Waals surface area contributed by atoms with Crippen LogP contribution in [0.1, 0.15) is 20.3 Å². The van der Waals surface area contributed by atoms with Crippen LogP contribution in [0.2, 0.25) is 0 Å². The van der Waals surface area contributed by atoms with Gasteiger partial charge in [0.15, 0.2) is 6.10 Å². The molecule has 0 radical (unpaired) electrons. The van der Waals surface area contributed by atoms with E-state index in [9.17, 15) is 18.0 Å². The highest BCUT2D eigenvalue weighted by molar-refractivity contribution is 5.74. The highest BCUT2D eigenvalue weighted by atomic mass is 19.4. The van der Waals surface area contributed by atoms with Gasteiger partial charge in [0.2, 0.25) is 0 Å². The van der Waals surface area contributed by atoms with Gasteiger partial charge in [-0.3, -0.25) is 0 Å². The average Bonchev–Trinajstić information content (AvgIpc) is 2.70. The minimum atomic E-state index is -4.50. The number of carbonyl (C=O) groups is 1. The predicted molar refractivity (Wildman–Crippen MR) is 77.2 cm³/mol. The largest absolute Gasteiger partial charge is 0.416 e. The van der Waals surface area contributed by atoms with Crippen LogP contribution < -0.4 is 10.6 Å². The third-order valence-electron chi connectivity index (χ3n) is 3.78. The summed E-state index contributed by atoms with van der Waals surface area (Å²) in [4.78, 5) is 13.4. The summed E-state index contributed by atoms with van der Waals surface area (Å²) in [6.07, 6.45) is -5.73. The average molecular weight is 339 g/mol. The van der Waals surface area contributed by atoms with Crippen molar-refractivity contribution in [2.24, 2.45) is 0 Å². The smallest absolute Gasteiger partial charge is 0.375 e. The van der Waals surface area contributed by atoms with Crippen LogP contribution in [0.15, 0.2) is 0 Å². The van der Waals surface area contributed by atoms with E-state index in [0.717, 1.165) is 17.9 Å². The van der Waals surface area contributed by atoms with Gasteiger partial charge in [0.05, 0.1) is 24.8 Å². The first kappa shape index (κ1) is 18.3. The Morgan fingerprint density at radius 2 is 2.17 bits per heavy atom. The normalized spacial score (nSPS) is 29.0. The van der Waals surface area contributed by atoms with E-state index in [-0.39, 0.29) is 19.2 Å². The Bertz CT molecular complexity index is 410. The minimum absolute atomic E-state index is 0.106. The van der Waals surface area contributed by atoms with E-state index in [1.54, 1.807) is 13.8 Å². The van der Waals surface area contributed by atoms with Crippen molar-refractivity contribution in [1.29, 1.82) is 0 Å². The van der Waals surface area contributed by atoms with Gasteiger partial charge >= 0.3 is 12.2 Å². The number of urea groups is 1. The molecule has 6 nitrogen and oxygen atoms in total. The van der Waals surface area contributed by atoms with Crippen molar-refractivity contribution in [3.05, 3.63) is 0 Å². The Morgan fingerprint density at radius 3 is 2.87 bits per heavy atom. The lowest BCUT2D eigenvalue weighted by molar-refractivity contribution is -0.267. The molecule has 9 heteroatoms. The lowest BCUT2D eigenvalue weighted by atomic mass is 10.1. The second kappa shape index (κ2) is 7.23. The standard InChI is InChI=1S/C14H24F3N3O3/c1-13(2)9-20(8-11(23-13)14(15,16)17)12(21)19-7-10-6-18-4-3-5-22-10/h10-11,18H,3-9H2,1-2H3,(H,19,21).